The van der Waals surface area contributed by atoms with Crippen LogP contribution in [-0.4, -0.2) is 47.8 Å². The molecule has 0 bridgehead atoms. The van der Waals surface area contributed by atoms with Crippen LogP contribution in [0.25, 0.3) is 22.7 Å². The number of hydrogen-bond acceptors (Lipinski definition) is 6. The lowest BCUT2D eigenvalue weighted by molar-refractivity contribution is 0.290. The number of fused-ring (bicyclic) bond motifs is 3. The number of ether oxygens (including phenoxy) is 1. The Morgan fingerprint density at radius 3 is 2.69 bits per heavy atom. The van der Waals surface area contributed by atoms with E-state index in [9.17, 15) is 9.65 Å². The van der Waals surface area contributed by atoms with Gasteiger partial charge in [-0.25, -0.2) is 14.1 Å². The van der Waals surface area contributed by atoms with Gasteiger partial charge in [-0.3, -0.25) is 5.32 Å². The molecule has 4 aromatic rings. The van der Waals surface area contributed by atoms with Crippen LogP contribution in [0.3, 0.4) is 0 Å². The van der Waals surface area contributed by atoms with Crippen LogP contribution in [0.5, 0.6) is 5.75 Å². The fourth-order valence-electron chi connectivity index (χ4n) is 4.96. The highest BCUT2D eigenvalue weighted by Crippen LogP contribution is 2.38. The van der Waals surface area contributed by atoms with E-state index in [4.69, 9.17) is 9.72 Å². The highest BCUT2D eigenvalue weighted by Gasteiger charge is 2.22. The van der Waals surface area contributed by atoms with Crippen LogP contribution >= 0.6 is 0 Å². The maximum absolute atomic E-state index is 14.0. The van der Waals surface area contributed by atoms with Crippen molar-refractivity contribution in [2.75, 3.05) is 43.6 Å². The molecule has 3 heterocycles. The van der Waals surface area contributed by atoms with Crippen LogP contribution in [-0.2, 0) is 6.61 Å². The SMILES string of the molecule is CN1CCN(n2c(NC#N)nc3cc(C=C4c5ccccc5COc5cc(F)ccc54)ccc32)CC1. The highest BCUT2D eigenvalue weighted by atomic mass is 19.1. The summed E-state index contributed by atoms with van der Waals surface area (Å²) < 4.78 is 22.0. The Kier molecular flexibility index (Phi) is 5.55. The van der Waals surface area contributed by atoms with Crippen molar-refractivity contribution < 1.29 is 9.13 Å². The van der Waals surface area contributed by atoms with Crippen molar-refractivity contribution in [3.63, 3.8) is 0 Å². The van der Waals surface area contributed by atoms with Gasteiger partial charge in [0.25, 0.3) is 0 Å². The molecule has 180 valence electrons. The van der Waals surface area contributed by atoms with Gasteiger partial charge >= 0.3 is 0 Å². The monoisotopic (exact) mass is 480 g/mol. The zero-order valence-corrected chi connectivity index (χ0v) is 19.9. The number of nitrogens with zero attached hydrogens (tertiary/aromatic N) is 5. The Bertz CT molecular complexity index is 1530. The molecule has 0 spiro atoms. The van der Waals surface area contributed by atoms with Crippen LogP contribution < -0.4 is 15.1 Å². The second-order valence-corrected chi connectivity index (χ2v) is 9.13. The van der Waals surface area contributed by atoms with Gasteiger partial charge in [0.05, 0.1) is 11.0 Å². The van der Waals surface area contributed by atoms with Crippen molar-refractivity contribution in [1.82, 2.24) is 14.6 Å². The summed E-state index contributed by atoms with van der Waals surface area (Å²) in [6, 6.07) is 18.9. The lowest BCUT2D eigenvalue weighted by Gasteiger charge is -2.35. The van der Waals surface area contributed by atoms with Crippen LogP contribution in [0.1, 0.15) is 22.3 Å². The number of rotatable bonds is 3. The minimum Gasteiger partial charge on any atom is -0.488 e. The number of nitrogens with one attached hydrogen (secondary N) is 1. The third-order valence-electron chi connectivity index (χ3n) is 6.82. The Labute approximate surface area is 208 Å². The molecule has 0 aliphatic carbocycles. The summed E-state index contributed by atoms with van der Waals surface area (Å²) >= 11 is 0. The van der Waals surface area contributed by atoms with Crippen molar-refractivity contribution in [3.05, 3.63) is 88.7 Å². The van der Waals surface area contributed by atoms with E-state index in [2.05, 4.69) is 40.5 Å². The summed E-state index contributed by atoms with van der Waals surface area (Å²) in [4.78, 5) is 7.03. The molecule has 2 aliphatic rings. The molecule has 0 radical (unpaired) electrons. The number of hydrogen-bond donors (Lipinski definition) is 1. The summed E-state index contributed by atoms with van der Waals surface area (Å²) in [5, 5.41) is 14.3. The first-order valence-electron chi connectivity index (χ1n) is 11.9. The molecule has 1 fully saturated rings. The second-order valence-electron chi connectivity index (χ2n) is 9.13. The molecule has 0 unspecified atom stereocenters. The quantitative estimate of drug-likeness (QED) is 0.346. The van der Waals surface area contributed by atoms with Crippen molar-refractivity contribution >= 4 is 28.6 Å². The van der Waals surface area contributed by atoms with Gasteiger partial charge in [-0.15, -0.1) is 0 Å². The molecule has 1 aromatic heterocycles. The highest BCUT2D eigenvalue weighted by molar-refractivity contribution is 5.96. The number of imidazole rings is 1. The first kappa shape index (κ1) is 22.1. The molecule has 2 aliphatic heterocycles. The minimum absolute atomic E-state index is 0.326. The van der Waals surface area contributed by atoms with Crippen LogP contribution in [0.15, 0.2) is 60.7 Å². The molecule has 7 nitrogen and oxygen atoms in total. The van der Waals surface area contributed by atoms with Crippen molar-refractivity contribution in [2.45, 2.75) is 6.61 Å². The number of likely N-dealkylation sites (N-methyl/N-ethyl adjacent to an activating group) is 1. The zero-order chi connectivity index (χ0) is 24.6. The van der Waals surface area contributed by atoms with Gasteiger partial charge in [0.2, 0.25) is 5.95 Å². The van der Waals surface area contributed by atoms with E-state index in [0.29, 0.717) is 18.3 Å². The van der Waals surface area contributed by atoms with Crippen LogP contribution in [0.2, 0.25) is 0 Å². The summed E-state index contributed by atoms with van der Waals surface area (Å²) in [5.74, 6) is 0.710. The number of benzene rings is 3. The summed E-state index contributed by atoms with van der Waals surface area (Å²) in [6.45, 7) is 3.95. The van der Waals surface area contributed by atoms with Crippen molar-refractivity contribution in [1.29, 1.82) is 5.26 Å². The van der Waals surface area contributed by atoms with E-state index < -0.39 is 0 Å². The van der Waals surface area contributed by atoms with E-state index in [-0.39, 0.29) is 5.82 Å². The molecular formula is C28H25FN6O. The summed E-state index contributed by atoms with van der Waals surface area (Å²) in [6.07, 6.45) is 4.11. The van der Waals surface area contributed by atoms with Gasteiger partial charge in [-0.2, -0.15) is 5.26 Å². The van der Waals surface area contributed by atoms with E-state index in [1.807, 2.05) is 41.2 Å². The largest absolute Gasteiger partial charge is 0.488 e. The number of anilines is 1. The Morgan fingerprint density at radius 1 is 1.03 bits per heavy atom. The molecule has 8 heteroatoms. The predicted octanol–water partition coefficient (Wildman–Crippen LogP) is 4.43. The van der Waals surface area contributed by atoms with E-state index in [1.165, 1.54) is 12.1 Å². The first-order chi connectivity index (χ1) is 17.6. The van der Waals surface area contributed by atoms with Gasteiger partial charge in [0.1, 0.15) is 18.2 Å². The maximum atomic E-state index is 14.0. The molecule has 0 amide bonds. The molecule has 36 heavy (non-hydrogen) atoms. The van der Waals surface area contributed by atoms with Gasteiger partial charge in [0, 0.05) is 37.8 Å². The van der Waals surface area contributed by atoms with Gasteiger partial charge in [-0.05, 0) is 59.7 Å². The number of aromatic nitrogens is 2. The smallest absolute Gasteiger partial charge is 0.236 e. The van der Waals surface area contributed by atoms with Crippen molar-refractivity contribution in [3.8, 4) is 11.9 Å². The fourth-order valence-corrected chi connectivity index (χ4v) is 4.96. The molecule has 0 saturated carbocycles. The van der Waals surface area contributed by atoms with Gasteiger partial charge in [0.15, 0.2) is 6.19 Å². The summed E-state index contributed by atoms with van der Waals surface area (Å²) in [5.41, 5.74) is 6.59. The van der Waals surface area contributed by atoms with Crippen LogP contribution in [0.4, 0.5) is 10.3 Å². The van der Waals surface area contributed by atoms with E-state index >= 15 is 0 Å². The van der Waals surface area contributed by atoms with E-state index in [1.54, 1.807) is 6.07 Å². The fraction of sp³-hybridized carbons (Fsp3) is 0.214. The molecule has 6 rings (SSSR count). The average molecular weight is 481 g/mol. The Morgan fingerprint density at radius 2 is 1.86 bits per heavy atom. The number of nitriles is 1. The average Bonchev–Trinajstić information content (AvgIpc) is 3.16. The van der Waals surface area contributed by atoms with Crippen LogP contribution in [0, 0.1) is 17.3 Å². The third kappa shape index (κ3) is 3.93. The zero-order valence-electron chi connectivity index (χ0n) is 19.9. The van der Waals surface area contributed by atoms with E-state index in [0.717, 1.165) is 65.0 Å². The number of piperazine rings is 1. The molecule has 1 N–H and O–H groups in total. The standard InChI is InChI=1S/C28H25FN6O/c1-33-10-12-34(13-11-33)35-26-9-6-19(15-25(26)32-28(35)31-18-30)14-24-22-5-3-2-4-20(22)17-36-27-16-21(29)7-8-23(24)27/h2-9,14-16H,10-13,17H2,1H3,(H,31,32). The second kappa shape index (κ2) is 9.02. The topological polar surface area (TPSA) is 69.3 Å². The van der Waals surface area contributed by atoms with Crippen molar-refractivity contribution in [2.24, 2.45) is 0 Å². The molecular weight excluding hydrogens is 455 g/mol. The minimum atomic E-state index is -0.326. The lowest BCUT2D eigenvalue weighted by Crippen LogP contribution is -2.49. The molecule has 1 saturated heterocycles. The maximum Gasteiger partial charge on any atom is 0.236 e. The first-order valence-corrected chi connectivity index (χ1v) is 11.9. The molecule has 3 aromatic carbocycles. The normalized spacial score (nSPS) is 16.7. The lowest BCUT2D eigenvalue weighted by atomic mass is 9.92. The predicted molar refractivity (Wildman–Crippen MR) is 139 cm³/mol. The third-order valence-corrected chi connectivity index (χ3v) is 6.82. The Hall–Kier alpha value is -4.35. The Balaban J connectivity index is 1.47. The number of halogens is 1. The van der Waals surface area contributed by atoms with Gasteiger partial charge < -0.3 is 14.6 Å². The summed E-state index contributed by atoms with van der Waals surface area (Å²) in [7, 11) is 2.11. The molecule has 0 atom stereocenters. The van der Waals surface area contributed by atoms with Gasteiger partial charge in [-0.1, -0.05) is 30.3 Å².